The van der Waals surface area contributed by atoms with Gasteiger partial charge in [0.25, 0.3) is 0 Å². The summed E-state index contributed by atoms with van der Waals surface area (Å²) in [6.45, 7) is 0. The number of pyridine rings is 3. The highest BCUT2D eigenvalue weighted by atomic mass is 15.2. The van der Waals surface area contributed by atoms with Gasteiger partial charge in [-0.25, -0.2) is 15.0 Å². The lowest BCUT2D eigenvalue weighted by Crippen LogP contribution is -2.01. The molecule has 0 aliphatic rings. The Labute approximate surface area is 188 Å². The van der Waals surface area contributed by atoms with Crippen molar-refractivity contribution in [3.63, 3.8) is 0 Å². The zero-order chi connectivity index (χ0) is 21.8. The zero-order valence-electron chi connectivity index (χ0n) is 17.6. The van der Waals surface area contributed by atoms with Crippen molar-refractivity contribution in [2.24, 2.45) is 0 Å². The molecular formula is C27H18N6. The summed E-state index contributed by atoms with van der Waals surface area (Å²) in [4.78, 5) is 14.8. The molecule has 156 valence electrons. The summed E-state index contributed by atoms with van der Waals surface area (Å²) in [5, 5.41) is 5.70. The maximum absolute atomic E-state index is 5.06. The predicted molar refractivity (Wildman–Crippen MR) is 132 cm³/mol. The minimum absolute atomic E-state index is 0.770. The third-order valence-corrected chi connectivity index (χ3v) is 5.97. The van der Waals surface area contributed by atoms with Crippen molar-refractivity contribution in [1.29, 1.82) is 0 Å². The van der Waals surface area contributed by atoms with Crippen LogP contribution in [0.4, 0.5) is 11.6 Å². The second-order valence-corrected chi connectivity index (χ2v) is 7.95. The first-order valence-corrected chi connectivity index (χ1v) is 10.8. The van der Waals surface area contributed by atoms with Crippen molar-refractivity contribution in [2.45, 2.75) is 0 Å². The Balaban J connectivity index is 1.52. The minimum Gasteiger partial charge on any atom is -0.324 e. The summed E-state index contributed by atoms with van der Waals surface area (Å²) < 4.78 is 4.09. The number of fused-ring (bicyclic) bond motifs is 6. The third kappa shape index (κ3) is 2.71. The van der Waals surface area contributed by atoms with Crippen LogP contribution in [0.3, 0.4) is 0 Å². The molecule has 0 amide bonds. The van der Waals surface area contributed by atoms with Gasteiger partial charge in [0, 0.05) is 28.7 Å². The molecule has 0 spiro atoms. The van der Waals surface area contributed by atoms with E-state index in [9.17, 15) is 0 Å². The maximum Gasteiger partial charge on any atom is 0.167 e. The molecule has 0 saturated carbocycles. The average molecular weight is 426 g/mol. The van der Waals surface area contributed by atoms with Gasteiger partial charge in [0.1, 0.15) is 34.1 Å². The maximum atomic E-state index is 5.06. The molecule has 0 atom stereocenters. The number of hydrogen-bond acceptors (Lipinski definition) is 4. The average Bonchev–Trinajstić information content (AvgIpc) is 3.44. The van der Waals surface area contributed by atoms with Gasteiger partial charge in [0.2, 0.25) is 0 Å². The largest absolute Gasteiger partial charge is 0.324 e. The summed E-state index contributed by atoms with van der Waals surface area (Å²) >= 11 is 0. The van der Waals surface area contributed by atoms with Gasteiger partial charge < -0.3 is 5.32 Å². The lowest BCUT2D eigenvalue weighted by molar-refractivity contribution is 1.16. The third-order valence-electron chi connectivity index (χ3n) is 5.97. The van der Waals surface area contributed by atoms with Crippen molar-refractivity contribution in [2.75, 3.05) is 5.32 Å². The van der Waals surface area contributed by atoms with E-state index in [1.54, 1.807) is 0 Å². The normalized spacial score (nSPS) is 11.6. The first kappa shape index (κ1) is 17.9. The first-order chi connectivity index (χ1) is 16.4. The van der Waals surface area contributed by atoms with Gasteiger partial charge in [0.15, 0.2) is 5.65 Å². The number of imidazole rings is 2. The Hall–Kier alpha value is -4.71. The van der Waals surface area contributed by atoms with Crippen LogP contribution in [0.25, 0.3) is 44.5 Å². The Morgan fingerprint density at radius 2 is 1.24 bits per heavy atom. The van der Waals surface area contributed by atoms with Crippen molar-refractivity contribution in [3.8, 4) is 11.3 Å². The van der Waals surface area contributed by atoms with Gasteiger partial charge in [-0.2, -0.15) is 0 Å². The summed E-state index contributed by atoms with van der Waals surface area (Å²) in [6.07, 6.45) is 4.02. The Bertz CT molecular complexity index is 1800. The molecule has 0 bridgehead atoms. The minimum atomic E-state index is 0.770. The standard InChI is InChI=1S/C27H18N6/c1-2-10-18(11-3-1)23-26(32-16-8-6-14-21(32)28-23)30-25-20-13-5-4-12-19(20)24-27(31-25)33-17-9-7-15-22(33)29-24/h1-17H,(H,30,31). The lowest BCUT2D eigenvalue weighted by atomic mass is 10.1. The molecule has 5 aromatic heterocycles. The highest BCUT2D eigenvalue weighted by Gasteiger charge is 2.18. The SMILES string of the molecule is c1ccc(-c2nc3ccccn3c2Nc2nc3c(nc4ccccn43)c3ccccc23)cc1. The molecule has 7 rings (SSSR count). The predicted octanol–water partition coefficient (Wildman–Crippen LogP) is 6.09. The Morgan fingerprint density at radius 3 is 2.06 bits per heavy atom. The van der Waals surface area contributed by atoms with E-state index in [0.29, 0.717) is 0 Å². The van der Waals surface area contributed by atoms with E-state index in [1.807, 2.05) is 83.5 Å². The van der Waals surface area contributed by atoms with Crippen LogP contribution in [0.5, 0.6) is 0 Å². The van der Waals surface area contributed by atoms with Crippen molar-refractivity contribution in [1.82, 2.24) is 23.8 Å². The van der Waals surface area contributed by atoms with Gasteiger partial charge >= 0.3 is 0 Å². The molecule has 5 heterocycles. The molecule has 0 unspecified atom stereocenters. The summed E-state index contributed by atoms with van der Waals surface area (Å²) in [6, 6.07) is 30.5. The van der Waals surface area contributed by atoms with E-state index < -0.39 is 0 Å². The fourth-order valence-electron chi connectivity index (χ4n) is 4.45. The van der Waals surface area contributed by atoms with E-state index in [2.05, 4.69) is 34.0 Å². The Morgan fingerprint density at radius 1 is 0.576 bits per heavy atom. The smallest absolute Gasteiger partial charge is 0.167 e. The molecule has 0 aliphatic carbocycles. The molecule has 0 saturated heterocycles. The molecular weight excluding hydrogens is 408 g/mol. The summed E-state index contributed by atoms with van der Waals surface area (Å²) in [5.41, 5.74) is 5.39. The van der Waals surface area contributed by atoms with Gasteiger partial charge in [-0.05, 0) is 24.3 Å². The van der Waals surface area contributed by atoms with Gasteiger partial charge in [0.05, 0.1) is 0 Å². The second-order valence-electron chi connectivity index (χ2n) is 7.95. The van der Waals surface area contributed by atoms with E-state index in [-0.39, 0.29) is 0 Å². The molecule has 33 heavy (non-hydrogen) atoms. The van der Waals surface area contributed by atoms with Gasteiger partial charge in [-0.3, -0.25) is 8.80 Å². The van der Waals surface area contributed by atoms with Crippen LogP contribution in [0.15, 0.2) is 103 Å². The highest BCUT2D eigenvalue weighted by molar-refractivity contribution is 6.09. The van der Waals surface area contributed by atoms with Crippen LogP contribution >= 0.6 is 0 Å². The van der Waals surface area contributed by atoms with Crippen LogP contribution in [-0.2, 0) is 0 Å². The lowest BCUT2D eigenvalue weighted by Gasteiger charge is -2.11. The van der Waals surface area contributed by atoms with E-state index >= 15 is 0 Å². The number of hydrogen-bond donors (Lipinski definition) is 1. The summed E-state index contributed by atoms with van der Waals surface area (Å²) in [7, 11) is 0. The molecule has 7 aromatic rings. The molecule has 0 radical (unpaired) electrons. The van der Waals surface area contributed by atoms with Crippen LogP contribution in [0, 0.1) is 0 Å². The van der Waals surface area contributed by atoms with Crippen LogP contribution in [0.2, 0.25) is 0 Å². The molecule has 0 aliphatic heterocycles. The number of nitrogens with one attached hydrogen (secondary N) is 1. The molecule has 6 nitrogen and oxygen atoms in total. The van der Waals surface area contributed by atoms with Crippen molar-refractivity contribution >= 4 is 44.9 Å². The fraction of sp³-hybridized carbons (Fsp3) is 0. The Kier molecular flexibility index (Phi) is 3.75. The van der Waals surface area contributed by atoms with E-state index in [0.717, 1.165) is 56.1 Å². The zero-order valence-corrected chi connectivity index (χ0v) is 17.6. The highest BCUT2D eigenvalue weighted by Crippen LogP contribution is 2.35. The van der Waals surface area contributed by atoms with Crippen LogP contribution in [0.1, 0.15) is 0 Å². The van der Waals surface area contributed by atoms with Crippen LogP contribution in [-0.4, -0.2) is 23.8 Å². The first-order valence-electron chi connectivity index (χ1n) is 10.8. The number of rotatable bonds is 3. The number of aromatic nitrogens is 5. The number of nitrogens with zero attached hydrogens (tertiary/aromatic N) is 5. The van der Waals surface area contributed by atoms with E-state index in [4.69, 9.17) is 15.0 Å². The van der Waals surface area contributed by atoms with Crippen molar-refractivity contribution in [3.05, 3.63) is 103 Å². The molecule has 6 heteroatoms. The molecule has 2 aromatic carbocycles. The topological polar surface area (TPSA) is 59.5 Å². The fourth-order valence-corrected chi connectivity index (χ4v) is 4.45. The number of anilines is 2. The molecule has 1 N–H and O–H groups in total. The monoisotopic (exact) mass is 426 g/mol. The number of benzene rings is 2. The van der Waals surface area contributed by atoms with Crippen LogP contribution < -0.4 is 5.32 Å². The second kappa shape index (κ2) is 6.90. The van der Waals surface area contributed by atoms with Gasteiger partial charge in [-0.15, -0.1) is 0 Å². The van der Waals surface area contributed by atoms with Crippen molar-refractivity contribution < 1.29 is 0 Å². The van der Waals surface area contributed by atoms with E-state index in [1.165, 1.54) is 0 Å². The molecule has 0 fully saturated rings. The quantitative estimate of drug-likeness (QED) is 0.371. The van der Waals surface area contributed by atoms with Gasteiger partial charge in [-0.1, -0.05) is 66.7 Å². The summed E-state index contributed by atoms with van der Waals surface area (Å²) in [5.74, 6) is 1.65.